The van der Waals surface area contributed by atoms with E-state index in [0.29, 0.717) is 25.3 Å². The summed E-state index contributed by atoms with van der Waals surface area (Å²) >= 11 is 0. The number of hydrogen-bond donors (Lipinski definition) is 4. The third-order valence-corrected chi connectivity index (χ3v) is 9.61. The van der Waals surface area contributed by atoms with Crippen LogP contribution in [0.5, 0.6) is 0 Å². The van der Waals surface area contributed by atoms with Gasteiger partial charge in [-0.25, -0.2) is 4.98 Å². The second-order valence-electron chi connectivity index (χ2n) is 15.2. The Kier molecular flexibility index (Phi) is 18.2. The van der Waals surface area contributed by atoms with Crippen molar-refractivity contribution >= 4 is 35.8 Å². The number of amides is 5. The zero-order valence-electron chi connectivity index (χ0n) is 32.1. The summed E-state index contributed by atoms with van der Waals surface area (Å²) in [4.78, 5) is 83.1. The third kappa shape index (κ3) is 14.0. The Morgan fingerprint density at radius 2 is 1.59 bits per heavy atom. The fraction of sp³-hybridized carbons (Fsp3) is 0.737. The first-order valence-corrected chi connectivity index (χ1v) is 18.9. The van der Waals surface area contributed by atoms with Gasteiger partial charge >= 0.3 is 0 Å². The van der Waals surface area contributed by atoms with Crippen LogP contribution in [-0.2, 0) is 24.0 Å². The van der Waals surface area contributed by atoms with Gasteiger partial charge in [0, 0.05) is 31.0 Å². The molecule has 5 amide bonds. The van der Waals surface area contributed by atoms with Gasteiger partial charge in [0.15, 0.2) is 0 Å². The van der Waals surface area contributed by atoms with Gasteiger partial charge in [0.1, 0.15) is 17.8 Å². The van der Waals surface area contributed by atoms with E-state index in [1.165, 1.54) is 25.0 Å². The maximum absolute atomic E-state index is 13.6. The fourth-order valence-corrected chi connectivity index (χ4v) is 6.25. The van der Waals surface area contributed by atoms with Crippen LogP contribution in [0.15, 0.2) is 18.6 Å². The first-order chi connectivity index (χ1) is 24.2. The number of rotatable bonds is 13. The molecule has 1 aromatic heterocycles. The lowest BCUT2D eigenvalue weighted by molar-refractivity contribution is -0.141. The van der Waals surface area contributed by atoms with Gasteiger partial charge in [-0.05, 0) is 62.7 Å². The van der Waals surface area contributed by atoms with E-state index in [1.807, 2.05) is 32.6 Å². The first kappa shape index (κ1) is 43.3. The Morgan fingerprint density at radius 1 is 0.941 bits per heavy atom. The first-order valence-electron chi connectivity index (χ1n) is 18.9. The van der Waals surface area contributed by atoms with E-state index >= 15 is 0 Å². The number of hydrogen-bond acceptors (Lipinski definition) is 8. The lowest BCUT2D eigenvalue weighted by atomic mass is 9.82. The summed E-state index contributed by atoms with van der Waals surface area (Å²) < 4.78 is 0. The number of likely N-dealkylation sites (tertiary alicyclic amines) is 1. The van der Waals surface area contributed by atoms with Crippen molar-refractivity contribution in [2.45, 2.75) is 156 Å². The van der Waals surface area contributed by atoms with Crippen LogP contribution in [0.25, 0.3) is 0 Å². The van der Waals surface area contributed by atoms with Gasteiger partial charge in [0.25, 0.3) is 11.8 Å². The number of carbonyl (C=O) groups is 6. The van der Waals surface area contributed by atoms with Crippen LogP contribution in [0.3, 0.4) is 0 Å². The summed E-state index contributed by atoms with van der Waals surface area (Å²) in [6.45, 7) is 17.0. The molecular formula is C38H63N7O6. The molecule has 2 aliphatic carbocycles. The van der Waals surface area contributed by atoms with Gasteiger partial charge < -0.3 is 26.2 Å². The van der Waals surface area contributed by atoms with Crippen LogP contribution >= 0.6 is 0 Å². The lowest BCUT2D eigenvalue weighted by Gasteiger charge is -2.37. The molecule has 13 heteroatoms. The predicted molar refractivity (Wildman–Crippen MR) is 196 cm³/mol. The van der Waals surface area contributed by atoms with Crippen LogP contribution in [-0.4, -0.2) is 87.4 Å². The van der Waals surface area contributed by atoms with Gasteiger partial charge in [-0.15, -0.1) is 0 Å². The van der Waals surface area contributed by atoms with Gasteiger partial charge in [0.05, 0.1) is 12.2 Å². The van der Waals surface area contributed by atoms with Crippen molar-refractivity contribution in [3.8, 4) is 0 Å². The molecule has 2 heterocycles. The fourth-order valence-electron chi connectivity index (χ4n) is 6.25. The molecule has 1 aliphatic heterocycles. The standard InChI is InChI=1S/C25H39N5O3.C10H16N2O3.C3H8/c1-16-11-14-30(17(16)2)24(33)21(25(3,4)5)29-23(32)20(18-9-7-6-8-10-18)28-22(31)19-15-26-12-13-27-19;1-2-3-8(11-6-13)9(14)10(15)12-7-4-5-7;1-3-2/h12-13,15-18,20-21H,6-11,14H2,1-5H3,(H,28,31)(H,29,32);6-8H,2-5H2,1H3,(H,11,13)(H,12,15);3H2,1-2H3/t16-,17?,20?,21+;;/m0../s1. The molecule has 4 rings (SSSR count). The van der Waals surface area contributed by atoms with Crippen molar-refractivity contribution in [2.75, 3.05) is 6.54 Å². The highest BCUT2D eigenvalue weighted by Crippen LogP contribution is 2.30. The number of aromatic nitrogens is 2. The van der Waals surface area contributed by atoms with E-state index in [2.05, 4.69) is 58.9 Å². The molecule has 5 atom stereocenters. The van der Waals surface area contributed by atoms with Crippen LogP contribution in [0, 0.1) is 17.3 Å². The quantitative estimate of drug-likeness (QED) is 0.174. The minimum atomic E-state index is -0.715. The average Bonchev–Trinajstić information content (AvgIpc) is 3.87. The van der Waals surface area contributed by atoms with Gasteiger partial charge in [-0.3, -0.25) is 33.8 Å². The molecule has 0 aromatic carbocycles. The number of ketones is 1. The monoisotopic (exact) mass is 713 g/mol. The zero-order valence-corrected chi connectivity index (χ0v) is 32.1. The second-order valence-corrected chi connectivity index (χ2v) is 15.2. The van der Waals surface area contributed by atoms with E-state index in [4.69, 9.17) is 0 Å². The van der Waals surface area contributed by atoms with Crippen LogP contribution < -0.4 is 21.3 Å². The molecule has 0 spiro atoms. The lowest BCUT2D eigenvalue weighted by Crippen LogP contribution is -2.60. The van der Waals surface area contributed by atoms with Crippen molar-refractivity contribution in [3.63, 3.8) is 0 Å². The Labute approximate surface area is 304 Å². The molecule has 3 fully saturated rings. The Balaban J connectivity index is 0.000000416. The summed E-state index contributed by atoms with van der Waals surface area (Å²) in [5.41, 5.74) is -0.293. The molecule has 0 bridgehead atoms. The van der Waals surface area contributed by atoms with E-state index in [9.17, 15) is 28.8 Å². The summed E-state index contributed by atoms with van der Waals surface area (Å²) in [5.74, 6) is -1.43. The maximum Gasteiger partial charge on any atom is 0.289 e. The molecule has 286 valence electrons. The number of carbonyl (C=O) groups excluding carboxylic acids is 6. The highest BCUT2D eigenvalue weighted by atomic mass is 16.2. The van der Waals surface area contributed by atoms with Crippen LogP contribution in [0.4, 0.5) is 0 Å². The Bertz CT molecular complexity index is 1280. The molecule has 1 saturated heterocycles. The number of Topliss-reactive ketones (excluding diaryl/α,β-unsaturated/α-hetero) is 1. The van der Waals surface area contributed by atoms with Crippen molar-refractivity contribution < 1.29 is 28.8 Å². The molecule has 3 unspecified atom stereocenters. The highest BCUT2D eigenvalue weighted by Gasteiger charge is 2.42. The predicted octanol–water partition coefficient (Wildman–Crippen LogP) is 4.11. The van der Waals surface area contributed by atoms with Crippen LogP contribution in [0.2, 0.25) is 0 Å². The minimum absolute atomic E-state index is 0.0285. The molecule has 51 heavy (non-hydrogen) atoms. The zero-order chi connectivity index (χ0) is 38.1. The minimum Gasteiger partial charge on any atom is -0.348 e. The normalized spacial score (nSPS) is 20.5. The SMILES string of the molecule is CC1[C@@H](C)CCN1C(=O)[C@@H](NC(=O)C(NC(=O)c1cnccn1)C1CCCCC1)C(C)(C)C.CCC.CCCC(NC=O)C(=O)C(=O)NC1CC1. The third-order valence-electron chi connectivity index (χ3n) is 9.61. The summed E-state index contributed by atoms with van der Waals surface area (Å²) in [6.07, 6.45) is 15.1. The van der Waals surface area contributed by atoms with Gasteiger partial charge in [-0.1, -0.05) is 80.6 Å². The van der Waals surface area contributed by atoms with E-state index in [1.54, 1.807) is 0 Å². The van der Waals surface area contributed by atoms with Gasteiger partial charge in [-0.2, -0.15) is 0 Å². The molecule has 3 aliphatic rings. The van der Waals surface area contributed by atoms with Crippen LogP contribution in [0.1, 0.15) is 137 Å². The molecular weight excluding hydrogens is 650 g/mol. The summed E-state index contributed by atoms with van der Waals surface area (Å²) in [7, 11) is 0. The maximum atomic E-state index is 13.6. The molecule has 2 saturated carbocycles. The van der Waals surface area contributed by atoms with Crippen molar-refractivity contribution in [1.82, 2.24) is 36.1 Å². The van der Waals surface area contributed by atoms with E-state index in [0.717, 1.165) is 57.8 Å². The summed E-state index contributed by atoms with van der Waals surface area (Å²) in [5, 5.41) is 10.9. The Morgan fingerprint density at radius 3 is 2.08 bits per heavy atom. The van der Waals surface area contributed by atoms with Crippen molar-refractivity contribution in [1.29, 1.82) is 0 Å². The van der Waals surface area contributed by atoms with E-state index < -0.39 is 41.1 Å². The number of nitrogens with zero attached hydrogens (tertiary/aromatic N) is 3. The molecule has 0 radical (unpaired) electrons. The van der Waals surface area contributed by atoms with E-state index in [-0.39, 0.29) is 35.5 Å². The number of nitrogens with one attached hydrogen (secondary N) is 4. The largest absolute Gasteiger partial charge is 0.348 e. The highest BCUT2D eigenvalue weighted by molar-refractivity contribution is 6.38. The van der Waals surface area contributed by atoms with Crippen molar-refractivity contribution in [3.05, 3.63) is 24.3 Å². The van der Waals surface area contributed by atoms with Crippen molar-refractivity contribution in [2.24, 2.45) is 17.3 Å². The molecule has 4 N–H and O–H groups in total. The Hall–Kier alpha value is -3.90. The molecule has 1 aromatic rings. The second kappa shape index (κ2) is 21.5. The van der Waals surface area contributed by atoms with Gasteiger partial charge in [0.2, 0.25) is 24.0 Å². The summed E-state index contributed by atoms with van der Waals surface area (Å²) in [6, 6.07) is -1.75. The topological polar surface area (TPSA) is 180 Å². The average molecular weight is 714 g/mol. The smallest absolute Gasteiger partial charge is 0.289 e. The molecule has 13 nitrogen and oxygen atoms in total.